The van der Waals surface area contributed by atoms with E-state index in [9.17, 15) is 8.78 Å². The quantitative estimate of drug-likeness (QED) is 0.824. The lowest BCUT2D eigenvalue weighted by Crippen LogP contribution is -2.37. The predicted molar refractivity (Wildman–Crippen MR) is 61.5 cm³/mol. The van der Waals surface area contributed by atoms with Gasteiger partial charge in [0, 0.05) is 18.7 Å². The molecule has 0 spiro atoms. The molecule has 1 aromatic carbocycles. The van der Waals surface area contributed by atoms with Crippen LogP contribution in [-0.2, 0) is 6.42 Å². The Morgan fingerprint density at radius 2 is 2.00 bits per heavy atom. The van der Waals surface area contributed by atoms with Crippen molar-refractivity contribution in [1.82, 2.24) is 10.2 Å². The Morgan fingerprint density at radius 3 is 2.50 bits per heavy atom. The zero-order chi connectivity index (χ0) is 12.1. The smallest absolute Gasteiger partial charge is 0.129 e. The highest BCUT2D eigenvalue weighted by Gasteiger charge is 2.11. The zero-order valence-corrected chi connectivity index (χ0v) is 9.93. The molecular formula is C12H18F2N2. The fourth-order valence-electron chi connectivity index (χ4n) is 1.65. The first-order chi connectivity index (χ1) is 7.52. The van der Waals surface area contributed by atoms with Crippen LogP contribution in [-0.4, -0.2) is 38.6 Å². The molecule has 1 atom stereocenters. The largest absolute Gasteiger partial charge is 0.315 e. The third-order valence-electron chi connectivity index (χ3n) is 2.48. The molecule has 1 aromatic rings. The van der Waals surface area contributed by atoms with Gasteiger partial charge in [-0.2, -0.15) is 0 Å². The molecule has 0 aliphatic heterocycles. The van der Waals surface area contributed by atoms with Gasteiger partial charge in [-0.3, -0.25) is 0 Å². The van der Waals surface area contributed by atoms with Crippen molar-refractivity contribution in [2.45, 2.75) is 12.5 Å². The molecule has 0 aliphatic rings. The van der Waals surface area contributed by atoms with Gasteiger partial charge in [-0.25, -0.2) is 8.78 Å². The molecule has 0 saturated heterocycles. The average Bonchev–Trinajstić information content (AvgIpc) is 2.20. The second kappa shape index (κ2) is 5.92. The van der Waals surface area contributed by atoms with Crippen molar-refractivity contribution in [1.29, 1.82) is 0 Å². The molecule has 16 heavy (non-hydrogen) atoms. The normalized spacial score (nSPS) is 13.1. The Balaban J connectivity index is 2.70. The molecule has 0 bridgehead atoms. The minimum atomic E-state index is -0.533. The summed E-state index contributed by atoms with van der Waals surface area (Å²) < 4.78 is 26.1. The van der Waals surface area contributed by atoms with Crippen LogP contribution in [0, 0.1) is 11.6 Å². The Kier molecular flexibility index (Phi) is 4.83. The molecule has 0 radical (unpaired) electrons. The Morgan fingerprint density at radius 1 is 1.31 bits per heavy atom. The molecule has 1 unspecified atom stereocenters. The lowest BCUT2D eigenvalue weighted by molar-refractivity contribution is 0.344. The van der Waals surface area contributed by atoms with Gasteiger partial charge < -0.3 is 10.2 Å². The van der Waals surface area contributed by atoms with E-state index in [1.165, 1.54) is 12.1 Å². The van der Waals surface area contributed by atoms with Gasteiger partial charge in [-0.1, -0.05) is 6.07 Å². The number of halogens is 2. The van der Waals surface area contributed by atoms with E-state index < -0.39 is 11.6 Å². The van der Waals surface area contributed by atoms with Gasteiger partial charge in [0.2, 0.25) is 0 Å². The van der Waals surface area contributed by atoms with Gasteiger partial charge >= 0.3 is 0 Å². The van der Waals surface area contributed by atoms with Crippen LogP contribution in [0.15, 0.2) is 18.2 Å². The molecule has 0 aromatic heterocycles. The van der Waals surface area contributed by atoms with Crippen LogP contribution in [0.4, 0.5) is 8.78 Å². The van der Waals surface area contributed by atoms with Crippen LogP contribution in [0.2, 0.25) is 0 Å². The van der Waals surface area contributed by atoms with Crippen LogP contribution in [0.1, 0.15) is 5.56 Å². The maximum absolute atomic E-state index is 13.4. The van der Waals surface area contributed by atoms with Crippen molar-refractivity contribution in [3.05, 3.63) is 35.4 Å². The lowest BCUT2D eigenvalue weighted by Gasteiger charge is -2.20. The summed E-state index contributed by atoms with van der Waals surface area (Å²) in [5.74, 6) is -1.01. The van der Waals surface area contributed by atoms with Gasteiger partial charge in [-0.05, 0) is 39.2 Å². The van der Waals surface area contributed by atoms with Crippen LogP contribution in [0.3, 0.4) is 0 Å². The van der Waals surface area contributed by atoms with Crippen LogP contribution < -0.4 is 5.32 Å². The second-order valence-corrected chi connectivity index (χ2v) is 4.19. The van der Waals surface area contributed by atoms with Crippen LogP contribution in [0.25, 0.3) is 0 Å². The van der Waals surface area contributed by atoms with Gasteiger partial charge in [0.1, 0.15) is 11.6 Å². The van der Waals surface area contributed by atoms with E-state index >= 15 is 0 Å². The average molecular weight is 228 g/mol. The summed E-state index contributed by atoms with van der Waals surface area (Å²) in [6, 6.07) is 3.89. The first-order valence-corrected chi connectivity index (χ1v) is 5.29. The highest BCUT2D eigenvalue weighted by atomic mass is 19.1. The molecule has 0 saturated carbocycles. The summed E-state index contributed by atoms with van der Waals surface area (Å²) >= 11 is 0. The van der Waals surface area contributed by atoms with E-state index in [-0.39, 0.29) is 6.04 Å². The van der Waals surface area contributed by atoms with Gasteiger partial charge in [0.05, 0.1) is 0 Å². The minimum Gasteiger partial charge on any atom is -0.315 e. The number of benzene rings is 1. The standard InChI is InChI=1S/C12H18F2N2/c1-15-11(8-16(2)3)6-9-4-5-10(13)7-12(9)14/h4-5,7,11,15H,6,8H2,1-3H3. The third kappa shape index (κ3) is 3.87. The van der Waals surface area contributed by atoms with Gasteiger partial charge in [-0.15, -0.1) is 0 Å². The molecule has 2 nitrogen and oxygen atoms in total. The second-order valence-electron chi connectivity index (χ2n) is 4.19. The number of nitrogens with one attached hydrogen (secondary N) is 1. The molecular weight excluding hydrogens is 210 g/mol. The summed E-state index contributed by atoms with van der Waals surface area (Å²) in [7, 11) is 5.77. The minimum absolute atomic E-state index is 0.162. The van der Waals surface area contributed by atoms with Crippen molar-refractivity contribution in [2.24, 2.45) is 0 Å². The molecule has 1 N–H and O–H groups in total. The molecule has 90 valence electrons. The summed E-state index contributed by atoms with van der Waals surface area (Å²) in [6.45, 7) is 0.813. The zero-order valence-electron chi connectivity index (χ0n) is 9.93. The molecule has 4 heteroatoms. The number of hydrogen-bond donors (Lipinski definition) is 1. The first-order valence-electron chi connectivity index (χ1n) is 5.29. The number of nitrogens with zero attached hydrogens (tertiary/aromatic N) is 1. The van der Waals surface area contributed by atoms with Crippen LogP contribution >= 0.6 is 0 Å². The Hall–Kier alpha value is -1.00. The first kappa shape index (κ1) is 13.1. The SMILES string of the molecule is CNC(Cc1ccc(F)cc1F)CN(C)C. The van der Waals surface area contributed by atoms with E-state index in [0.29, 0.717) is 12.0 Å². The highest BCUT2D eigenvalue weighted by Crippen LogP contribution is 2.11. The molecule has 1 rings (SSSR count). The van der Waals surface area contributed by atoms with E-state index in [2.05, 4.69) is 5.32 Å². The maximum Gasteiger partial charge on any atom is 0.129 e. The van der Waals surface area contributed by atoms with E-state index in [4.69, 9.17) is 0 Å². The number of likely N-dealkylation sites (N-methyl/N-ethyl adjacent to an activating group) is 2. The summed E-state index contributed by atoms with van der Waals surface area (Å²) in [5.41, 5.74) is 0.544. The van der Waals surface area contributed by atoms with Crippen molar-refractivity contribution < 1.29 is 8.78 Å². The summed E-state index contributed by atoms with van der Waals surface area (Å²) in [5, 5.41) is 3.12. The Bertz CT molecular complexity index is 340. The van der Waals surface area contributed by atoms with E-state index in [1.807, 2.05) is 26.0 Å². The van der Waals surface area contributed by atoms with E-state index in [1.54, 1.807) is 0 Å². The van der Waals surface area contributed by atoms with Crippen molar-refractivity contribution in [3.8, 4) is 0 Å². The monoisotopic (exact) mass is 228 g/mol. The van der Waals surface area contributed by atoms with Crippen molar-refractivity contribution in [3.63, 3.8) is 0 Å². The lowest BCUT2D eigenvalue weighted by atomic mass is 10.1. The Labute approximate surface area is 95.3 Å². The summed E-state index contributed by atoms with van der Waals surface area (Å²) in [6.07, 6.45) is 0.556. The van der Waals surface area contributed by atoms with Crippen molar-refractivity contribution in [2.75, 3.05) is 27.7 Å². The predicted octanol–water partition coefficient (Wildman–Crippen LogP) is 1.66. The molecule has 0 aliphatic carbocycles. The van der Waals surface area contributed by atoms with E-state index in [0.717, 1.165) is 12.6 Å². The summed E-state index contributed by atoms with van der Waals surface area (Å²) in [4.78, 5) is 2.03. The molecule has 0 fully saturated rings. The number of rotatable bonds is 5. The highest BCUT2D eigenvalue weighted by molar-refractivity contribution is 5.19. The van der Waals surface area contributed by atoms with Gasteiger partial charge in [0.25, 0.3) is 0 Å². The van der Waals surface area contributed by atoms with Gasteiger partial charge in [0.15, 0.2) is 0 Å². The van der Waals surface area contributed by atoms with Crippen LogP contribution in [0.5, 0.6) is 0 Å². The molecule has 0 heterocycles. The van der Waals surface area contributed by atoms with Crippen molar-refractivity contribution >= 4 is 0 Å². The topological polar surface area (TPSA) is 15.3 Å². The third-order valence-corrected chi connectivity index (χ3v) is 2.48. The molecule has 0 amide bonds. The fraction of sp³-hybridized carbons (Fsp3) is 0.500. The number of hydrogen-bond acceptors (Lipinski definition) is 2. The fourth-order valence-corrected chi connectivity index (χ4v) is 1.65. The maximum atomic E-state index is 13.4.